The van der Waals surface area contributed by atoms with Gasteiger partial charge in [0, 0.05) is 62.3 Å². The molecule has 0 bridgehead atoms. The van der Waals surface area contributed by atoms with Crippen LogP contribution in [0.5, 0.6) is 0 Å². The standard InChI is InChI=1S/C17H23N5O3S/c1-21-12-16(11-20-21)15-7-13(8-18-10-15)9-19-17(23)14-3-5-22(6-4-14)26(2,24)25/h7-8,10-12,14H,3-6,9H2,1-2H3,(H,19,23). The van der Waals surface area contributed by atoms with Crippen LogP contribution in [0.25, 0.3) is 11.1 Å². The van der Waals surface area contributed by atoms with Crippen LogP contribution in [-0.2, 0) is 28.4 Å². The molecule has 8 nitrogen and oxygen atoms in total. The van der Waals surface area contributed by atoms with E-state index < -0.39 is 10.0 Å². The van der Waals surface area contributed by atoms with E-state index in [1.54, 1.807) is 23.3 Å². The van der Waals surface area contributed by atoms with Gasteiger partial charge in [0.05, 0.1) is 12.5 Å². The number of carbonyl (C=O) groups is 1. The number of nitrogens with zero attached hydrogens (tertiary/aromatic N) is 4. The SMILES string of the molecule is Cn1cc(-c2cncc(CNC(=O)C3CCN(S(C)(=O)=O)CC3)c2)cn1. The van der Waals surface area contributed by atoms with E-state index in [0.29, 0.717) is 32.5 Å². The van der Waals surface area contributed by atoms with Crippen molar-refractivity contribution >= 4 is 15.9 Å². The molecule has 1 amide bonds. The molecule has 1 saturated heterocycles. The van der Waals surface area contributed by atoms with Gasteiger partial charge in [-0.05, 0) is 24.5 Å². The van der Waals surface area contributed by atoms with Crippen molar-refractivity contribution in [3.8, 4) is 11.1 Å². The number of rotatable bonds is 5. The molecule has 1 N–H and O–H groups in total. The van der Waals surface area contributed by atoms with Gasteiger partial charge in [0.25, 0.3) is 0 Å². The maximum absolute atomic E-state index is 12.4. The third-order valence-electron chi connectivity index (χ3n) is 4.59. The fourth-order valence-corrected chi connectivity index (χ4v) is 3.97. The van der Waals surface area contributed by atoms with Crippen molar-refractivity contribution in [3.63, 3.8) is 0 Å². The van der Waals surface area contributed by atoms with Crippen molar-refractivity contribution < 1.29 is 13.2 Å². The van der Waals surface area contributed by atoms with Gasteiger partial charge in [0.15, 0.2) is 0 Å². The Balaban J connectivity index is 1.55. The van der Waals surface area contributed by atoms with E-state index in [4.69, 9.17) is 0 Å². The average molecular weight is 377 g/mol. The quantitative estimate of drug-likeness (QED) is 0.830. The highest BCUT2D eigenvalue weighted by Crippen LogP contribution is 2.20. The molecular weight excluding hydrogens is 354 g/mol. The highest BCUT2D eigenvalue weighted by molar-refractivity contribution is 7.88. The summed E-state index contributed by atoms with van der Waals surface area (Å²) in [6.45, 7) is 1.19. The zero-order valence-electron chi connectivity index (χ0n) is 14.9. The van der Waals surface area contributed by atoms with Gasteiger partial charge in [-0.25, -0.2) is 12.7 Å². The van der Waals surface area contributed by atoms with Gasteiger partial charge in [-0.1, -0.05) is 0 Å². The molecule has 2 aromatic rings. The normalized spacial score (nSPS) is 16.5. The molecule has 0 spiro atoms. The predicted molar refractivity (Wildman–Crippen MR) is 97.4 cm³/mol. The summed E-state index contributed by atoms with van der Waals surface area (Å²) in [6, 6.07) is 1.98. The summed E-state index contributed by atoms with van der Waals surface area (Å²) >= 11 is 0. The Bertz CT molecular complexity index is 885. The second-order valence-electron chi connectivity index (χ2n) is 6.64. The Labute approximate surface area is 153 Å². The van der Waals surface area contributed by atoms with Crippen LogP contribution in [0.4, 0.5) is 0 Å². The molecule has 0 aliphatic carbocycles. The molecule has 0 atom stereocenters. The molecule has 3 heterocycles. The van der Waals surface area contributed by atoms with E-state index in [2.05, 4.69) is 15.4 Å². The molecule has 0 saturated carbocycles. The molecule has 1 aliphatic heterocycles. The van der Waals surface area contributed by atoms with Crippen LogP contribution in [-0.4, -0.2) is 52.7 Å². The first-order chi connectivity index (χ1) is 12.3. The first-order valence-electron chi connectivity index (χ1n) is 8.49. The average Bonchev–Trinajstić information content (AvgIpc) is 3.06. The third-order valence-corrected chi connectivity index (χ3v) is 5.90. The Hall–Kier alpha value is -2.26. The smallest absolute Gasteiger partial charge is 0.223 e. The summed E-state index contributed by atoms with van der Waals surface area (Å²) in [7, 11) is -1.32. The zero-order chi connectivity index (χ0) is 18.7. The van der Waals surface area contributed by atoms with Crippen molar-refractivity contribution in [2.45, 2.75) is 19.4 Å². The van der Waals surface area contributed by atoms with E-state index in [1.165, 1.54) is 10.6 Å². The van der Waals surface area contributed by atoms with Crippen LogP contribution in [0, 0.1) is 5.92 Å². The third kappa shape index (κ3) is 4.47. The molecule has 2 aromatic heterocycles. The number of aromatic nitrogens is 3. The fourth-order valence-electron chi connectivity index (χ4n) is 3.10. The number of pyridine rings is 1. The largest absolute Gasteiger partial charge is 0.352 e. The number of hydrogen-bond donors (Lipinski definition) is 1. The minimum absolute atomic E-state index is 0.0371. The minimum Gasteiger partial charge on any atom is -0.352 e. The summed E-state index contributed by atoms with van der Waals surface area (Å²) in [5.74, 6) is -0.188. The van der Waals surface area contributed by atoms with Crippen LogP contribution in [0.3, 0.4) is 0 Å². The Morgan fingerprint density at radius 2 is 1.96 bits per heavy atom. The molecule has 3 rings (SSSR count). The summed E-state index contributed by atoms with van der Waals surface area (Å²) in [4.78, 5) is 16.6. The highest BCUT2D eigenvalue weighted by Gasteiger charge is 2.28. The van der Waals surface area contributed by atoms with Crippen LogP contribution in [0.2, 0.25) is 0 Å². The van der Waals surface area contributed by atoms with Crippen molar-refractivity contribution in [2.24, 2.45) is 13.0 Å². The lowest BCUT2D eigenvalue weighted by atomic mass is 9.97. The second-order valence-corrected chi connectivity index (χ2v) is 8.62. The van der Waals surface area contributed by atoms with E-state index in [9.17, 15) is 13.2 Å². The van der Waals surface area contributed by atoms with Gasteiger partial charge in [-0.3, -0.25) is 14.5 Å². The second kappa shape index (κ2) is 7.55. The van der Waals surface area contributed by atoms with E-state index >= 15 is 0 Å². The Kier molecular flexibility index (Phi) is 5.38. The molecular formula is C17H23N5O3S. The Morgan fingerprint density at radius 1 is 1.23 bits per heavy atom. The topological polar surface area (TPSA) is 97.2 Å². The van der Waals surface area contributed by atoms with Crippen molar-refractivity contribution in [2.75, 3.05) is 19.3 Å². The summed E-state index contributed by atoms with van der Waals surface area (Å²) < 4.78 is 26.2. The zero-order valence-corrected chi connectivity index (χ0v) is 15.7. The van der Waals surface area contributed by atoms with Crippen molar-refractivity contribution in [3.05, 3.63) is 36.4 Å². The molecule has 140 valence electrons. The van der Waals surface area contributed by atoms with Crippen LogP contribution < -0.4 is 5.32 Å². The van der Waals surface area contributed by atoms with Crippen LogP contribution in [0.15, 0.2) is 30.9 Å². The van der Waals surface area contributed by atoms with Crippen LogP contribution >= 0.6 is 0 Å². The monoisotopic (exact) mass is 377 g/mol. The van der Waals surface area contributed by atoms with Crippen molar-refractivity contribution in [1.29, 1.82) is 0 Å². The van der Waals surface area contributed by atoms with Gasteiger partial charge in [-0.15, -0.1) is 0 Å². The van der Waals surface area contributed by atoms with E-state index in [-0.39, 0.29) is 11.8 Å². The predicted octanol–water partition coefficient (Wildman–Crippen LogP) is 0.770. The molecule has 1 fully saturated rings. The molecule has 0 radical (unpaired) electrons. The molecule has 1 aliphatic rings. The van der Waals surface area contributed by atoms with Gasteiger partial charge in [0.1, 0.15) is 0 Å². The number of hydrogen-bond acceptors (Lipinski definition) is 5. The lowest BCUT2D eigenvalue weighted by Gasteiger charge is -2.29. The molecule has 0 unspecified atom stereocenters. The lowest BCUT2D eigenvalue weighted by Crippen LogP contribution is -2.42. The van der Waals surface area contributed by atoms with Gasteiger partial charge in [0.2, 0.25) is 15.9 Å². The van der Waals surface area contributed by atoms with Gasteiger partial charge >= 0.3 is 0 Å². The van der Waals surface area contributed by atoms with Crippen LogP contribution in [0.1, 0.15) is 18.4 Å². The number of piperidine rings is 1. The first-order valence-corrected chi connectivity index (χ1v) is 10.3. The number of carbonyl (C=O) groups excluding carboxylic acids is 1. The number of sulfonamides is 1. The molecule has 0 aromatic carbocycles. The summed E-state index contributed by atoms with van der Waals surface area (Å²) in [5.41, 5.74) is 2.83. The van der Waals surface area contributed by atoms with E-state index in [0.717, 1.165) is 16.7 Å². The number of aryl methyl sites for hydroxylation is 1. The highest BCUT2D eigenvalue weighted by atomic mass is 32.2. The lowest BCUT2D eigenvalue weighted by molar-refractivity contribution is -0.126. The van der Waals surface area contributed by atoms with Gasteiger partial charge in [-0.2, -0.15) is 5.10 Å². The summed E-state index contributed by atoms with van der Waals surface area (Å²) in [6.07, 6.45) is 9.48. The minimum atomic E-state index is -3.17. The Morgan fingerprint density at radius 3 is 2.58 bits per heavy atom. The van der Waals surface area contributed by atoms with E-state index in [1.807, 2.05) is 19.3 Å². The number of amides is 1. The number of nitrogens with one attached hydrogen (secondary N) is 1. The van der Waals surface area contributed by atoms with Crippen molar-refractivity contribution in [1.82, 2.24) is 24.4 Å². The summed E-state index contributed by atoms with van der Waals surface area (Å²) in [5, 5.41) is 7.09. The fraction of sp³-hybridized carbons (Fsp3) is 0.471. The first kappa shape index (κ1) is 18.5. The maximum Gasteiger partial charge on any atom is 0.223 e. The molecule has 26 heavy (non-hydrogen) atoms. The molecule has 9 heteroatoms. The maximum atomic E-state index is 12.4. The van der Waals surface area contributed by atoms with Gasteiger partial charge < -0.3 is 5.32 Å².